The van der Waals surface area contributed by atoms with Gasteiger partial charge in [0.05, 0.1) is 18.2 Å². The predicted molar refractivity (Wildman–Crippen MR) is 79.4 cm³/mol. The molecule has 0 heterocycles. The smallest absolute Gasteiger partial charge is 0.344 e. The van der Waals surface area contributed by atoms with Crippen molar-refractivity contribution in [2.24, 2.45) is 0 Å². The fraction of sp³-hybridized carbons (Fsp3) is 0.467. The lowest BCUT2D eigenvalue weighted by Gasteiger charge is -2.14. The first-order valence-electron chi connectivity index (χ1n) is 6.82. The van der Waals surface area contributed by atoms with Gasteiger partial charge in [0.15, 0.2) is 18.1 Å². The molecular weight excluding hydrogens is 296 g/mol. The Bertz CT molecular complexity index is 487. The van der Waals surface area contributed by atoms with Crippen LogP contribution in [0.15, 0.2) is 12.1 Å². The van der Waals surface area contributed by atoms with Crippen LogP contribution < -0.4 is 9.47 Å². The predicted octanol–water partition coefficient (Wildman–Crippen LogP) is 3.27. The number of aldehydes is 1. The first-order valence-corrected chi connectivity index (χ1v) is 7.20. The summed E-state index contributed by atoms with van der Waals surface area (Å²) in [5.74, 6) is 0.0957. The molecule has 0 radical (unpaired) electrons. The number of carbonyl (C=O) groups is 2. The molecule has 21 heavy (non-hydrogen) atoms. The highest BCUT2D eigenvalue weighted by atomic mass is 35.5. The third-order valence-corrected chi connectivity index (χ3v) is 2.84. The fourth-order valence-electron chi connectivity index (χ4n) is 1.56. The van der Waals surface area contributed by atoms with E-state index < -0.39 is 5.97 Å². The van der Waals surface area contributed by atoms with Crippen LogP contribution in [-0.4, -0.2) is 32.1 Å². The molecule has 1 aromatic carbocycles. The highest BCUT2D eigenvalue weighted by Gasteiger charge is 2.14. The summed E-state index contributed by atoms with van der Waals surface area (Å²) in [6.07, 6.45) is 2.49. The zero-order valence-electron chi connectivity index (χ0n) is 12.2. The van der Waals surface area contributed by atoms with Crippen molar-refractivity contribution in [2.75, 3.05) is 19.8 Å². The maximum atomic E-state index is 11.3. The molecule has 116 valence electrons. The van der Waals surface area contributed by atoms with Crippen molar-refractivity contribution >= 4 is 23.9 Å². The largest absolute Gasteiger partial charge is 0.488 e. The zero-order valence-corrected chi connectivity index (χ0v) is 12.9. The second-order valence-corrected chi connectivity index (χ2v) is 4.65. The van der Waals surface area contributed by atoms with Crippen LogP contribution in [-0.2, 0) is 9.53 Å². The lowest BCUT2D eigenvalue weighted by atomic mass is 10.2. The van der Waals surface area contributed by atoms with E-state index >= 15 is 0 Å². The van der Waals surface area contributed by atoms with Crippen molar-refractivity contribution in [3.63, 3.8) is 0 Å². The van der Waals surface area contributed by atoms with Gasteiger partial charge in [-0.15, -0.1) is 0 Å². The molecule has 0 aromatic heterocycles. The normalized spacial score (nSPS) is 10.0. The van der Waals surface area contributed by atoms with Crippen molar-refractivity contribution in [1.82, 2.24) is 0 Å². The number of esters is 1. The Kier molecular flexibility index (Phi) is 7.61. The van der Waals surface area contributed by atoms with Crippen LogP contribution in [0.5, 0.6) is 11.5 Å². The molecule has 0 saturated heterocycles. The van der Waals surface area contributed by atoms with Gasteiger partial charge in [0, 0.05) is 5.56 Å². The third-order valence-electron chi connectivity index (χ3n) is 2.56. The zero-order chi connectivity index (χ0) is 15.7. The topological polar surface area (TPSA) is 61.8 Å². The van der Waals surface area contributed by atoms with Crippen molar-refractivity contribution in [3.05, 3.63) is 22.7 Å². The second kappa shape index (κ2) is 9.23. The second-order valence-electron chi connectivity index (χ2n) is 4.24. The summed E-state index contributed by atoms with van der Waals surface area (Å²) in [6.45, 7) is 4.24. The SMILES string of the molecule is CCCCOc1c(Cl)cc(C=O)cc1OCC(=O)OCC. The number of benzene rings is 1. The molecule has 0 aliphatic rings. The standard InChI is InChI=1S/C15H19ClO5/c1-3-5-6-20-15-12(16)7-11(9-17)8-13(15)21-10-14(18)19-4-2/h7-9H,3-6,10H2,1-2H3. The average molecular weight is 315 g/mol. The Morgan fingerprint density at radius 1 is 1.29 bits per heavy atom. The third kappa shape index (κ3) is 5.63. The summed E-state index contributed by atoms with van der Waals surface area (Å²) >= 11 is 6.09. The van der Waals surface area contributed by atoms with E-state index in [4.69, 9.17) is 25.8 Å². The molecule has 0 amide bonds. The number of hydrogen-bond acceptors (Lipinski definition) is 5. The minimum Gasteiger partial charge on any atom is -0.488 e. The number of hydrogen-bond donors (Lipinski definition) is 0. The Morgan fingerprint density at radius 3 is 2.67 bits per heavy atom. The van der Waals surface area contributed by atoms with Crippen molar-refractivity contribution in [1.29, 1.82) is 0 Å². The number of unbranched alkanes of at least 4 members (excludes halogenated alkanes) is 1. The summed E-state index contributed by atoms with van der Waals surface area (Å²) in [4.78, 5) is 22.2. The van der Waals surface area contributed by atoms with E-state index in [1.807, 2.05) is 6.92 Å². The Morgan fingerprint density at radius 2 is 2.05 bits per heavy atom. The van der Waals surface area contributed by atoms with E-state index in [2.05, 4.69) is 0 Å². The van der Waals surface area contributed by atoms with E-state index in [-0.39, 0.29) is 24.0 Å². The minimum absolute atomic E-state index is 0.258. The summed E-state index contributed by atoms with van der Waals surface area (Å²) in [5.41, 5.74) is 0.349. The lowest BCUT2D eigenvalue weighted by molar-refractivity contribution is -0.145. The van der Waals surface area contributed by atoms with E-state index in [9.17, 15) is 9.59 Å². The summed E-state index contributed by atoms with van der Waals surface area (Å²) in [7, 11) is 0. The Labute approximate surface area is 129 Å². The molecule has 0 unspecified atom stereocenters. The van der Waals surface area contributed by atoms with Gasteiger partial charge in [-0.3, -0.25) is 4.79 Å². The average Bonchev–Trinajstić information content (AvgIpc) is 2.47. The van der Waals surface area contributed by atoms with E-state index in [0.717, 1.165) is 12.8 Å². The molecule has 0 aliphatic heterocycles. The maximum Gasteiger partial charge on any atom is 0.344 e. The van der Waals surface area contributed by atoms with Gasteiger partial charge in [-0.1, -0.05) is 24.9 Å². The molecule has 1 rings (SSSR count). The lowest BCUT2D eigenvalue weighted by Crippen LogP contribution is -2.15. The van der Waals surface area contributed by atoms with Gasteiger partial charge in [-0.05, 0) is 25.5 Å². The molecule has 0 saturated carbocycles. The highest BCUT2D eigenvalue weighted by molar-refractivity contribution is 6.32. The quantitative estimate of drug-likeness (QED) is 0.398. The summed E-state index contributed by atoms with van der Waals surface area (Å²) < 4.78 is 15.7. The van der Waals surface area contributed by atoms with Gasteiger partial charge >= 0.3 is 5.97 Å². The van der Waals surface area contributed by atoms with Crippen molar-refractivity contribution in [3.8, 4) is 11.5 Å². The molecule has 0 bridgehead atoms. The monoisotopic (exact) mass is 314 g/mol. The molecule has 5 nitrogen and oxygen atoms in total. The van der Waals surface area contributed by atoms with Crippen LogP contribution in [0.25, 0.3) is 0 Å². The molecule has 0 N–H and O–H groups in total. The first-order chi connectivity index (χ1) is 10.1. The van der Waals surface area contributed by atoms with Crippen molar-refractivity contribution < 1.29 is 23.8 Å². The number of rotatable bonds is 9. The van der Waals surface area contributed by atoms with Gasteiger partial charge < -0.3 is 14.2 Å². The van der Waals surface area contributed by atoms with Crippen LogP contribution in [0.1, 0.15) is 37.0 Å². The van der Waals surface area contributed by atoms with Crippen LogP contribution >= 0.6 is 11.6 Å². The molecule has 0 fully saturated rings. The van der Waals surface area contributed by atoms with Crippen molar-refractivity contribution in [2.45, 2.75) is 26.7 Å². The Hall–Kier alpha value is -1.75. The molecule has 0 aliphatic carbocycles. The number of ether oxygens (including phenoxy) is 3. The van der Waals surface area contributed by atoms with Crippen LogP contribution in [0.3, 0.4) is 0 Å². The van der Waals surface area contributed by atoms with Gasteiger partial charge in [0.2, 0.25) is 0 Å². The van der Waals surface area contributed by atoms with Gasteiger partial charge in [-0.2, -0.15) is 0 Å². The molecular formula is C15H19ClO5. The van der Waals surface area contributed by atoms with Crippen LogP contribution in [0.2, 0.25) is 5.02 Å². The molecule has 1 aromatic rings. The molecule has 6 heteroatoms. The van der Waals surface area contributed by atoms with E-state index in [1.165, 1.54) is 12.1 Å². The number of halogens is 1. The van der Waals surface area contributed by atoms with E-state index in [1.54, 1.807) is 6.92 Å². The Balaban J connectivity index is 2.87. The molecule has 0 atom stereocenters. The highest BCUT2D eigenvalue weighted by Crippen LogP contribution is 2.36. The summed E-state index contributed by atoms with van der Waals surface area (Å²) in [6, 6.07) is 2.98. The maximum absolute atomic E-state index is 11.3. The van der Waals surface area contributed by atoms with Gasteiger partial charge in [0.1, 0.15) is 6.29 Å². The summed E-state index contributed by atoms with van der Waals surface area (Å²) in [5, 5.41) is 0.273. The first kappa shape index (κ1) is 17.3. The van der Waals surface area contributed by atoms with Gasteiger partial charge in [0.25, 0.3) is 0 Å². The van der Waals surface area contributed by atoms with Crippen LogP contribution in [0, 0.1) is 0 Å². The minimum atomic E-state index is -0.496. The number of carbonyl (C=O) groups excluding carboxylic acids is 2. The van der Waals surface area contributed by atoms with Crippen LogP contribution in [0.4, 0.5) is 0 Å². The van der Waals surface area contributed by atoms with E-state index in [0.29, 0.717) is 24.2 Å². The molecule has 0 spiro atoms. The fourth-order valence-corrected chi connectivity index (χ4v) is 1.84. The van der Waals surface area contributed by atoms with Gasteiger partial charge in [-0.25, -0.2) is 4.79 Å².